The molecule has 1 amide bonds. The maximum atomic E-state index is 12.4. The molecule has 0 atom stereocenters. The van der Waals surface area contributed by atoms with Crippen molar-refractivity contribution < 1.29 is 19.4 Å². The zero-order valence-corrected chi connectivity index (χ0v) is 13.6. The topological polar surface area (TPSA) is 66.8 Å². The zero-order valence-electron chi connectivity index (χ0n) is 13.6. The smallest absolute Gasteiger partial charge is 0.414 e. The Bertz CT molecular complexity index is 750. The molecule has 0 fully saturated rings. The van der Waals surface area contributed by atoms with Crippen LogP contribution in [-0.4, -0.2) is 35.5 Å². The number of amides is 1. The molecular weight excluding hydrogens is 306 g/mol. The van der Waals surface area contributed by atoms with E-state index in [9.17, 15) is 14.7 Å². The minimum atomic E-state index is -0.514. The van der Waals surface area contributed by atoms with Crippen LogP contribution in [0, 0.1) is 0 Å². The third kappa shape index (κ3) is 4.46. The van der Waals surface area contributed by atoms with Gasteiger partial charge < -0.3 is 14.7 Å². The number of phenolic OH excluding ortho intramolecular Hbond substituents is 1. The molecule has 0 aliphatic heterocycles. The molecule has 0 aliphatic rings. The number of benzene rings is 2. The van der Waals surface area contributed by atoms with Crippen LogP contribution in [-0.2, 0) is 0 Å². The van der Waals surface area contributed by atoms with Gasteiger partial charge in [0.25, 0.3) is 0 Å². The van der Waals surface area contributed by atoms with Gasteiger partial charge in [-0.05, 0) is 42.8 Å². The molecule has 0 aromatic heterocycles. The van der Waals surface area contributed by atoms with Crippen molar-refractivity contribution in [1.29, 1.82) is 0 Å². The van der Waals surface area contributed by atoms with Crippen molar-refractivity contribution in [3.05, 3.63) is 65.7 Å². The van der Waals surface area contributed by atoms with E-state index in [1.165, 1.54) is 11.0 Å². The average Bonchev–Trinajstić information content (AvgIpc) is 2.60. The number of hydrogen-bond acceptors (Lipinski definition) is 4. The highest BCUT2D eigenvalue weighted by Crippen LogP contribution is 2.20. The SMILES string of the molecule is CCN(C)C(=O)Oc1ccccc1C(=O)/C=C/c1ccc(O)cc1. The molecule has 5 nitrogen and oxygen atoms in total. The van der Waals surface area contributed by atoms with E-state index in [0.29, 0.717) is 12.1 Å². The van der Waals surface area contributed by atoms with Gasteiger partial charge in [-0.25, -0.2) is 4.79 Å². The summed E-state index contributed by atoms with van der Waals surface area (Å²) in [6.45, 7) is 2.34. The van der Waals surface area contributed by atoms with Crippen LogP contribution in [0.3, 0.4) is 0 Å². The lowest BCUT2D eigenvalue weighted by molar-refractivity contribution is 0.104. The number of allylic oxidation sites excluding steroid dienone is 1. The predicted octanol–water partition coefficient (Wildman–Crippen LogP) is 3.74. The number of ether oxygens (including phenoxy) is 1. The molecule has 0 spiro atoms. The van der Waals surface area contributed by atoms with E-state index in [2.05, 4.69) is 0 Å². The van der Waals surface area contributed by atoms with Crippen LogP contribution in [0.5, 0.6) is 11.5 Å². The first-order chi connectivity index (χ1) is 11.5. The fourth-order valence-electron chi connectivity index (χ4n) is 1.91. The van der Waals surface area contributed by atoms with Crippen molar-refractivity contribution >= 4 is 18.0 Å². The Morgan fingerprint density at radius 1 is 1.12 bits per heavy atom. The van der Waals surface area contributed by atoms with Gasteiger partial charge in [0.1, 0.15) is 11.5 Å². The Hall–Kier alpha value is -3.08. The lowest BCUT2D eigenvalue weighted by atomic mass is 10.1. The van der Waals surface area contributed by atoms with Crippen molar-refractivity contribution in [2.75, 3.05) is 13.6 Å². The molecule has 0 radical (unpaired) electrons. The van der Waals surface area contributed by atoms with Crippen molar-refractivity contribution in [2.24, 2.45) is 0 Å². The Morgan fingerprint density at radius 3 is 2.46 bits per heavy atom. The van der Waals surface area contributed by atoms with Gasteiger partial charge in [-0.15, -0.1) is 0 Å². The number of aromatic hydroxyl groups is 1. The van der Waals surface area contributed by atoms with Gasteiger partial charge in [-0.3, -0.25) is 4.79 Å². The van der Waals surface area contributed by atoms with Crippen LogP contribution in [0.15, 0.2) is 54.6 Å². The van der Waals surface area contributed by atoms with Crippen molar-refractivity contribution in [3.63, 3.8) is 0 Å². The maximum absolute atomic E-state index is 12.4. The summed E-state index contributed by atoms with van der Waals surface area (Å²) in [5.74, 6) is 0.115. The summed E-state index contributed by atoms with van der Waals surface area (Å²) in [4.78, 5) is 25.7. The second-order valence-corrected chi connectivity index (χ2v) is 5.17. The average molecular weight is 325 g/mol. The van der Waals surface area contributed by atoms with Gasteiger partial charge >= 0.3 is 6.09 Å². The van der Waals surface area contributed by atoms with E-state index in [1.807, 2.05) is 6.92 Å². The van der Waals surface area contributed by atoms with Crippen LogP contribution in [0.2, 0.25) is 0 Å². The first-order valence-electron chi connectivity index (χ1n) is 7.54. The van der Waals surface area contributed by atoms with Gasteiger partial charge in [-0.1, -0.05) is 30.3 Å². The fraction of sp³-hybridized carbons (Fsp3) is 0.158. The van der Waals surface area contributed by atoms with E-state index in [1.54, 1.807) is 61.7 Å². The second-order valence-electron chi connectivity index (χ2n) is 5.17. The number of hydrogen-bond donors (Lipinski definition) is 1. The minimum absolute atomic E-state index is 0.163. The molecule has 24 heavy (non-hydrogen) atoms. The highest BCUT2D eigenvalue weighted by atomic mass is 16.6. The highest BCUT2D eigenvalue weighted by molar-refractivity contribution is 6.08. The standard InChI is InChI=1S/C19H19NO4/c1-3-20(2)19(23)24-18-7-5-4-6-16(18)17(22)13-10-14-8-11-15(21)12-9-14/h4-13,21H,3H2,1-2H3/b13-10+. The molecular formula is C19H19NO4. The first kappa shape index (κ1) is 17.3. The summed E-state index contributed by atoms with van der Waals surface area (Å²) in [6.07, 6.45) is 2.53. The van der Waals surface area contributed by atoms with Gasteiger partial charge in [0.05, 0.1) is 5.56 Å². The first-order valence-corrected chi connectivity index (χ1v) is 7.54. The summed E-state index contributed by atoms with van der Waals surface area (Å²) in [7, 11) is 1.62. The molecule has 124 valence electrons. The summed E-state index contributed by atoms with van der Waals surface area (Å²) >= 11 is 0. The van der Waals surface area contributed by atoms with Gasteiger partial charge in [0.2, 0.25) is 0 Å². The highest BCUT2D eigenvalue weighted by Gasteiger charge is 2.15. The van der Waals surface area contributed by atoms with E-state index in [-0.39, 0.29) is 17.3 Å². The molecule has 0 bridgehead atoms. The quantitative estimate of drug-likeness (QED) is 0.672. The lowest BCUT2D eigenvalue weighted by Crippen LogP contribution is -2.29. The van der Waals surface area contributed by atoms with Crippen LogP contribution in [0.25, 0.3) is 6.08 Å². The third-order valence-electron chi connectivity index (χ3n) is 3.46. The minimum Gasteiger partial charge on any atom is -0.508 e. The summed E-state index contributed by atoms with van der Waals surface area (Å²) in [5, 5.41) is 9.25. The molecule has 0 heterocycles. The van der Waals surface area contributed by atoms with Crippen molar-refractivity contribution in [2.45, 2.75) is 6.92 Å². The molecule has 0 saturated carbocycles. The normalized spacial score (nSPS) is 10.6. The second kappa shape index (κ2) is 7.97. The van der Waals surface area contributed by atoms with Gasteiger partial charge in [0.15, 0.2) is 5.78 Å². The summed E-state index contributed by atoms with van der Waals surface area (Å²) in [5.41, 5.74) is 1.09. The molecule has 1 N–H and O–H groups in total. The molecule has 5 heteroatoms. The number of ketones is 1. The number of phenols is 1. The van der Waals surface area contributed by atoms with E-state index in [4.69, 9.17) is 4.74 Å². The number of carbonyl (C=O) groups is 2. The molecule has 0 aliphatic carbocycles. The maximum Gasteiger partial charge on any atom is 0.414 e. The van der Waals surface area contributed by atoms with Gasteiger partial charge in [-0.2, -0.15) is 0 Å². The predicted molar refractivity (Wildman–Crippen MR) is 92.2 cm³/mol. The van der Waals surface area contributed by atoms with Crippen LogP contribution in [0.4, 0.5) is 4.79 Å². The zero-order chi connectivity index (χ0) is 17.5. The number of para-hydroxylation sites is 1. The largest absolute Gasteiger partial charge is 0.508 e. The van der Waals surface area contributed by atoms with E-state index in [0.717, 1.165) is 5.56 Å². The van der Waals surface area contributed by atoms with Gasteiger partial charge in [0, 0.05) is 13.6 Å². The fourth-order valence-corrected chi connectivity index (χ4v) is 1.91. The summed E-state index contributed by atoms with van der Waals surface area (Å²) in [6, 6.07) is 13.1. The van der Waals surface area contributed by atoms with Crippen LogP contribution in [0.1, 0.15) is 22.8 Å². The Balaban J connectivity index is 2.17. The number of carbonyl (C=O) groups excluding carboxylic acids is 2. The molecule has 2 aromatic rings. The summed E-state index contributed by atoms with van der Waals surface area (Å²) < 4.78 is 5.29. The van der Waals surface area contributed by atoms with Crippen molar-refractivity contribution in [3.8, 4) is 11.5 Å². The van der Waals surface area contributed by atoms with E-state index < -0.39 is 6.09 Å². The third-order valence-corrected chi connectivity index (χ3v) is 3.46. The molecule has 0 saturated heterocycles. The Morgan fingerprint density at radius 2 is 1.79 bits per heavy atom. The number of nitrogens with zero attached hydrogens (tertiary/aromatic N) is 1. The monoisotopic (exact) mass is 325 g/mol. The molecule has 2 rings (SSSR count). The molecule has 0 unspecified atom stereocenters. The van der Waals surface area contributed by atoms with Crippen LogP contribution < -0.4 is 4.74 Å². The lowest BCUT2D eigenvalue weighted by Gasteiger charge is -2.15. The van der Waals surface area contributed by atoms with E-state index >= 15 is 0 Å². The van der Waals surface area contributed by atoms with Crippen molar-refractivity contribution in [1.82, 2.24) is 4.90 Å². The Kier molecular flexibility index (Phi) is 5.73. The van der Waals surface area contributed by atoms with Crippen LogP contribution >= 0.6 is 0 Å². The Labute approximate surface area is 140 Å². The molecule has 2 aromatic carbocycles. The number of rotatable bonds is 5.